The Morgan fingerprint density at radius 3 is 2.67 bits per heavy atom. The average Bonchev–Trinajstić information content (AvgIpc) is 2.71. The molecule has 0 saturated heterocycles. The van der Waals surface area contributed by atoms with E-state index in [1.807, 2.05) is 12.1 Å². The average molecular weight is 260 g/mol. The van der Waals surface area contributed by atoms with Gasteiger partial charge in [-0.2, -0.15) is 0 Å². The van der Waals surface area contributed by atoms with Gasteiger partial charge in [0.05, 0.1) is 5.52 Å². The lowest BCUT2D eigenvalue weighted by Gasteiger charge is -2.01. The summed E-state index contributed by atoms with van der Waals surface area (Å²) in [5.41, 5.74) is 14.3. The van der Waals surface area contributed by atoms with Gasteiger partial charge in [-0.15, -0.1) is 0 Å². The molecule has 0 aliphatic heterocycles. The van der Waals surface area contributed by atoms with Crippen molar-refractivity contribution in [2.75, 3.05) is 11.5 Å². The van der Waals surface area contributed by atoms with Crippen molar-refractivity contribution in [3.63, 3.8) is 0 Å². The number of fused-ring (bicyclic) bond motifs is 1. The summed E-state index contributed by atoms with van der Waals surface area (Å²) in [6.07, 6.45) is 0. The lowest BCUT2D eigenvalue weighted by molar-refractivity contribution is 1.30. The first-order valence-corrected chi connectivity index (χ1v) is 5.69. The van der Waals surface area contributed by atoms with Gasteiger partial charge in [-0.05, 0) is 30.3 Å². The zero-order chi connectivity index (χ0) is 12.7. The summed E-state index contributed by atoms with van der Waals surface area (Å²) in [5.74, 6) is 1.09. The summed E-state index contributed by atoms with van der Waals surface area (Å²) in [5, 5.41) is 0.592. The minimum absolute atomic E-state index is 0.435. The molecule has 3 aromatic rings. The minimum atomic E-state index is 0.435. The van der Waals surface area contributed by atoms with Crippen molar-refractivity contribution >= 4 is 34.3 Å². The molecule has 18 heavy (non-hydrogen) atoms. The summed E-state index contributed by atoms with van der Waals surface area (Å²) < 4.78 is 0. The molecule has 0 fully saturated rings. The van der Waals surface area contributed by atoms with Crippen LogP contribution in [0.4, 0.5) is 11.5 Å². The Balaban J connectivity index is 2.19. The van der Waals surface area contributed by atoms with E-state index in [9.17, 15) is 0 Å². The van der Waals surface area contributed by atoms with E-state index < -0.39 is 0 Å². The van der Waals surface area contributed by atoms with Crippen LogP contribution in [0.1, 0.15) is 0 Å². The highest BCUT2D eigenvalue weighted by atomic mass is 35.5. The summed E-state index contributed by atoms with van der Waals surface area (Å²) in [7, 11) is 0. The van der Waals surface area contributed by atoms with Gasteiger partial charge >= 0.3 is 0 Å². The Hall–Kier alpha value is -2.27. The van der Waals surface area contributed by atoms with Crippen LogP contribution in [-0.2, 0) is 0 Å². The number of nitrogens with zero attached hydrogens (tertiary/aromatic N) is 2. The maximum absolute atomic E-state index is 5.92. The third kappa shape index (κ3) is 1.74. The minimum Gasteiger partial charge on any atom is -0.398 e. The lowest BCUT2D eigenvalue weighted by atomic mass is 10.2. The molecule has 5 nitrogen and oxygen atoms in total. The Bertz CT molecular complexity index is 734. The molecule has 2 heterocycles. The molecule has 1 aromatic carbocycles. The van der Waals surface area contributed by atoms with Crippen LogP contribution >= 0.6 is 11.6 Å². The van der Waals surface area contributed by atoms with Crippen molar-refractivity contribution < 1.29 is 0 Å². The van der Waals surface area contributed by atoms with Crippen molar-refractivity contribution in [2.24, 2.45) is 0 Å². The standard InChI is InChI=1S/C12H10ClN5/c13-6-1-2-7(8(14)5-6)11-16-9-3-4-10(15)17-12(9)18-11/h1-5H,14H2,(H3,15,16,17,18). The second kappa shape index (κ2) is 3.89. The van der Waals surface area contributed by atoms with Crippen molar-refractivity contribution in [3.05, 3.63) is 35.4 Å². The first kappa shape index (κ1) is 10.9. The van der Waals surface area contributed by atoms with Gasteiger partial charge in [0.15, 0.2) is 5.65 Å². The lowest BCUT2D eigenvalue weighted by Crippen LogP contribution is -1.91. The molecule has 0 atom stereocenters. The van der Waals surface area contributed by atoms with Gasteiger partial charge in [0.1, 0.15) is 11.6 Å². The quantitative estimate of drug-likeness (QED) is 0.585. The van der Waals surface area contributed by atoms with Gasteiger partial charge in [0.25, 0.3) is 0 Å². The number of hydrogen-bond acceptors (Lipinski definition) is 4. The Morgan fingerprint density at radius 1 is 1.06 bits per heavy atom. The molecule has 0 spiro atoms. The molecule has 0 aliphatic rings. The summed E-state index contributed by atoms with van der Waals surface area (Å²) in [4.78, 5) is 11.6. The Morgan fingerprint density at radius 2 is 1.89 bits per heavy atom. The van der Waals surface area contributed by atoms with Gasteiger partial charge in [-0.3, -0.25) is 0 Å². The van der Waals surface area contributed by atoms with E-state index in [0.29, 0.717) is 28.0 Å². The van der Waals surface area contributed by atoms with Gasteiger partial charge in [0.2, 0.25) is 0 Å². The molecule has 6 heteroatoms. The molecule has 3 rings (SSSR count). The van der Waals surface area contributed by atoms with Crippen LogP contribution in [0.15, 0.2) is 30.3 Å². The Kier molecular flexibility index (Phi) is 2.34. The molecule has 0 saturated carbocycles. The zero-order valence-corrected chi connectivity index (χ0v) is 10.1. The predicted molar refractivity (Wildman–Crippen MR) is 73.2 cm³/mol. The second-order valence-electron chi connectivity index (χ2n) is 3.92. The van der Waals surface area contributed by atoms with Crippen LogP contribution in [0.5, 0.6) is 0 Å². The van der Waals surface area contributed by atoms with Crippen LogP contribution in [0, 0.1) is 0 Å². The maximum Gasteiger partial charge on any atom is 0.180 e. The highest BCUT2D eigenvalue weighted by molar-refractivity contribution is 6.31. The number of benzene rings is 1. The van der Waals surface area contributed by atoms with Crippen LogP contribution in [0.3, 0.4) is 0 Å². The van der Waals surface area contributed by atoms with Crippen molar-refractivity contribution in [2.45, 2.75) is 0 Å². The molecule has 0 amide bonds. The van der Waals surface area contributed by atoms with Crippen molar-refractivity contribution in [1.29, 1.82) is 0 Å². The van der Waals surface area contributed by atoms with E-state index >= 15 is 0 Å². The van der Waals surface area contributed by atoms with E-state index in [2.05, 4.69) is 15.0 Å². The van der Waals surface area contributed by atoms with Crippen LogP contribution in [0.2, 0.25) is 5.02 Å². The number of H-pyrrole nitrogens is 1. The topological polar surface area (TPSA) is 93.6 Å². The smallest absolute Gasteiger partial charge is 0.180 e. The number of imidazole rings is 1. The van der Waals surface area contributed by atoms with E-state index in [-0.39, 0.29) is 0 Å². The number of rotatable bonds is 1. The normalized spacial score (nSPS) is 10.9. The van der Waals surface area contributed by atoms with Gasteiger partial charge in [-0.25, -0.2) is 9.97 Å². The van der Waals surface area contributed by atoms with Crippen molar-refractivity contribution in [3.8, 4) is 11.4 Å². The van der Waals surface area contributed by atoms with Gasteiger partial charge < -0.3 is 16.5 Å². The highest BCUT2D eigenvalue weighted by Crippen LogP contribution is 2.27. The SMILES string of the molecule is Nc1ccc2[nH]c(-c3ccc(Cl)cc3N)nc2n1. The summed E-state index contributed by atoms with van der Waals surface area (Å²) in [6, 6.07) is 8.82. The number of nitrogens with two attached hydrogens (primary N) is 2. The number of pyridine rings is 1. The largest absolute Gasteiger partial charge is 0.398 e. The molecule has 5 N–H and O–H groups in total. The van der Waals surface area contributed by atoms with Gasteiger partial charge in [-0.1, -0.05) is 11.6 Å². The molecule has 0 bridgehead atoms. The zero-order valence-electron chi connectivity index (χ0n) is 9.31. The molecule has 90 valence electrons. The van der Waals surface area contributed by atoms with Crippen LogP contribution < -0.4 is 11.5 Å². The molecule has 0 radical (unpaired) electrons. The Labute approximate surface area is 108 Å². The number of halogens is 1. The molecular weight excluding hydrogens is 250 g/mol. The van der Waals surface area contributed by atoms with Crippen molar-refractivity contribution in [1.82, 2.24) is 15.0 Å². The number of nitrogen functional groups attached to an aromatic ring is 2. The number of aromatic nitrogens is 3. The van der Waals surface area contributed by atoms with E-state index in [1.54, 1.807) is 18.2 Å². The number of hydrogen-bond donors (Lipinski definition) is 3. The first-order valence-electron chi connectivity index (χ1n) is 5.31. The molecule has 0 aliphatic carbocycles. The fraction of sp³-hybridized carbons (Fsp3) is 0. The molecule has 0 unspecified atom stereocenters. The molecular formula is C12H10ClN5. The third-order valence-electron chi connectivity index (χ3n) is 2.64. The number of anilines is 2. The van der Waals surface area contributed by atoms with E-state index in [4.69, 9.17) is 23.1 Å². The predicted octanol–water partition coefficient (Wildman–Crippen LogP) is 2.44. The fourth-order valence-corrected chi connectivity index (χ4v) is 1.96. The van der Waals surface area contributed by atoms with E-state index in [0.717, 1.165) is 11.1 Å². The van der Waals surface area contributed by atoms with Gasteiger partial charge in [0, 0.05) is 16.3 Å². The highest BCUT2D eigenvalue weighted by Gasteiger charge is 2.09. The maximum atomic E-state index is 5.92. The summed E-state index contributed by atoms with van der Waals surface area (Å²) >= 11 is 5.86. The molecule has 2 aromatic heterocycles. The number of nitrogens with one attached hydrogen (secondary N) is 1. The second-order valence-corrected chi connectivity index (χ2v) is 4.36. The third-order valence-corrected chi connectivity index (χ3v) is 2.87. The van der Waals surface area contributed by atoms with E-state index in [1.165, 1.54) is 0 Å². The fourth-order valence-electron chi connectivity index (χ4n) is 1.78. The monoisotopic (exact) mass is 259 g/mol. The van der Waals surface area contributed by atoms with Crippen LogP contribution in [-0.4, -0.2) is 15.0 Å². The summed E-state index contributed by atoms with van der Waals surface area (Å²) in [6.45, 7) is 0. The van der Waals surface area contributed by atoms with Crippen LogP contribution in [0.25, 0.3) is 22.6 Å². The number of aromatic amines is 1. The first-order chi connectivity index (χ1) is 8.63.